The summed E-state index contributed by atoms with van der Waals surface area (Å²) in [6, 6.07) is 11.7. The minimum Gasteiger partial charge on any atom is -0.497 e. The first-order chi connectivity index (χ1) is 18.4. The van der Waals surface area contributed by atoms with Crippen LogP contribution in [0.15, 0.2) is 42.5 Å². The number of anilines is 1. The molecule has 0 unspecified atom stereocenters. The number of hydrogen-bond acceptors (Lipinski definition) is 6. The first-order valence-electron chi connectivity index (χ1n) is 12.8. The Hall–Kier alpha value is -3.31. The Bertz CT molecular complexity index is 1130. The molecule has 1 aliphatic heterocycles. The molecule has 0 saturated heterocycles. The van der Waals surface area contributed by atoms with E-state index >= 15 is 0 Å². The highest BCUT2D eigenvalue weighted by molar-refractivity contribution is 5.99. The van der Waals surface area contributed by atoms with Gasteiger partial charge in [-0.05, 0) is 49.9 Å². The quantitative estimate of drug-likeness (QED) is 0.457. The van der Waals surface area contributed by atoms with Gasteiger partial charge in [-0.2, -0.15) is 13.2 Å². The summed E-state index contributed by atoms with van der Waals surface area (Å²) in [5.41, 5.74) is 1.45. The Balaban J connectivity index is 1.82. The topological polar surface area (TPSA) is 91.3 Å². The van der Waals surface area contributed by atoms with Crippen molar-refractivity contribution in [1.82, 2.24) is 9.80 Å². The fourth-order valence-electron chi connectivity index (χ4n) is 4.41. The summed E-state index contributed by atoms with van der Waals surface area (Å²) in [5.74, 6) is -0.212. The van der Waals surface area contributed by atoms with Crippen LogP contribution in [0, 0.1) is 5.92 Å². The second-order valence-electron chi connectivity index (χ2n) is 10.0. The molecule has 3 rings (SSSR count). The van der Waals surface area contributed by atoms with Crippen LogP contribution >= 0.6 is 0 Å². The third-order valence-corrected chi connectivity index (χ3v) is 6.69. The zero-order chi connectivity index (χ0) is 28.7. The van der Waals surface area contributed by atoms with Crippen LogP contribution in [0.3, 0.4) is 0 Å². The Labute approximate surface area is 226 Å². The number of nitrogens with one attached hydrogen (secondary N) is 1. The highest BCUT2D eigenvalue weighted by Gasteiger charge is 2.34. The van der Waals surface area contributed by atoms with Crippen molar-refractivity contribution >= 4 is 17.5 Å². The van der Waals surface area contributed by atoms with Gasteiger partial charge in [-0.25, -0.2) is 0 Å². The third kappa shape index (κ3) is 8.59. The van der Waals surface area contributed by atoms with E-state index < -0.39 is 36.9 Å². The molecule has 0 fully saturated rings. The molecule has 2 aromatic carbocycles. The summed E-state index contributed by atoms with van der Waals surface area (Å²) in [6.45, 7) is 4.99. The first-order valence-corrected chi connectivity index (χ1v) is 12.8. The molecule has 8 nitrogen and oxygen atoms in total. The highest BCUT2D eigenvalue weighted by Crippen LogP contribution is 2.31. The van der Waals surface area contributed by atoms with Crippen molar-refractivity contribution in [2.24, 2.45) is 5.92 Å². The zero-order valence-electron chi connectivity index (χ0n) is 22.6. The van der Waals surface area contributed by atoms with E-state index in [9.17, 15) is 27.9 Å². The maximum atomic E-state index is 13.5. The molecule has 214 valence electrons. The molecule has 3 atom stereocenters. The Morgan fingerprint density at radius 1 is 1.26 bits per heavy atom. The van der Waals surface area contributed by atoms with Crippen molar-refractivity contribution in [1.29, 1.82) is 0 Å². The predicted molar refractivity (Wildman–Crippen MR) is 141 cm³/mol. The summed E-state index contributed by atoms with van der Waals surface area (Å²) in [7, 11) is 3.58. The highest BCUT2D eigenvalue weighted by atomic mass is 19.4. The van der Waals surface area contributed by atoms with Gasteiger partial charge in [-0.15, -0.1) is 0 Å². The van der Waals surface area contributed by atoms with Crippen LogP contribution in [0.4, 0.5) is 18.9 Å². The lowest BCUT2D eigenvalue weighted by Gasteiger charge is -2.38. The number of hydrogen-bond donors (Lipinski definition) is 2. The standard InChI is InChI=1S/C28H36F3N3O5/c1-18-14-34(19(2)17-35)27(37)23-13-21(32-26(36)11-12-28(29,30)31)7-10-24(23)39-25(18)16-33(3)15-20-5-8-22(38-4)9-6-20/h5-10,13,18-19,25,35H,11-12,14-17H2,1-4H3,(H,32,36)/t18-,19-,25-/m0/s1. The number of nitrogens with zero attached hydrogens (tertiary/aromatic N) is 2. The van der Waals surface area contributed by atoms with E-state index in [2.05, 4.69) is 10.2 Å². The molecule has 2 N–H and O–H groups in total. The van der Waals surface area contributed by atoms with Gasteiger partial charge in [0.2, 0.25) is 5.91 Å². The summed E-state index contributed by atoms with van der Waals surface area (Å²) in [5, 5.41) is 12.3. The number of rotatable bonds is 10. The normalized spacial score (nSPS) is 18.6. The van der Waals surface area contributed by atoms with Gasteiger partial charge < -0.3 is 24.8 Å². The van der Waals surface area contributed by atoms with Gasteiger partial charge in [0.1, 0.15) is 17.6 Å². The van der Waals surface area contributed by atoms with Crippen molar-refractivity contribution in [3.8, 4) is 11.5 Å². The number of carbonyl (C=O) groups excluding carboxylic acids is 2. The van der Waals surface area contributed by atoms with E-state index in [-0.39, 0.29) is 29.9 Å². The van der Waals surface area contributed by atoms with Crippen molar-refractivity contribution in [3.63, 3.8) is 0 Å². The lowest BCUT2D eigenvalue weighted by molar-refractivity contribution is -0.142. The number of aliphatic hydroxyl groups is 1. The Morgan fingerprint density at radius 3 is 2.56 bits per heavy atom. The first kappa shape index (κ1) is 30.2. The smallest absolute Gasteiger partial charge is 0.389 e. The second kappa shape index (κ2) is 13.2. The van der Waals surface area contributed by atoms with Crippen LogP contribution in [0.5, 0.6) is 11.5 Å². The number of methoxy groups -OCH3 is 1. The van der Waals surface area contributed by atoms with Gasteiger partial charge in [-0.1, -0.05) is 19.1 Å². The van der Waals surface area contributed by atoms with Crippen molar-refractivity contribution in [3.05, 3.63) is 53.6 Å². The van der Waals surface area contributed by atoms with Crippen LogP contribution in [-0.4, -0.2) is 78.9 Å². The average Bonchev–Trinajstić information content (AvgIpc) is 2.89. The third-order valence-electron chi connectivity index (χ3n) is 6.69. The van der Waals surface area contributed by atoms with Crippen LogP contribution in [0.1, 0.15) is 42.6 Å². The number of aliphatic hydroxyl groups excluding tert-OH is 1. The average molecular weight is 552 g/mol. The minimum atomic E-state index is -4.44. The Kier molecular flexibility index (Phi) is 10.2. The molecule has 0 aromatic heterocycles. The van der Waals surface area contributed by atoms with Crippen LogP contribution in [0.25, 0.3) is 0 Å². The van der Waals surface area contributed by atoms with Crippen LogP contribution < -0.4 is 14.8 Å². The number of carbonyl (C=O) groups is 2. The largest absolute Gasteiger partial charge is 0.497 e. The van der Waals surface area contributed by atoms with E-state index in [1.54, 1.807) is 25.0 Å². The van der Waals surface area contributed by atoms with Gasteiger partial charge >= 0.3 is 6.18 Å². The molecule has 0 bridgehead atoms. The Morgan fingerprint density at radius 2 is 1.95 bits per heavy atom. The molecule has 0 aliphatic carbocycles. The van der Waals surface area contributed by atoms with E-state index in [0.29, 0.717) is 25.4 Å². The number of alkyl halides is 3. The van der Waals surface area contributed by atoms with E-state index in [0.717, 1.165) is 11.3 Å². The molecule has 1 aliphatic rings. The van der Waals surface area contributed by atoms with Gasteiger partial charge in [0.15, 0.2) is 0 Å². The number of benzene rings is 2. The molecular formula is C28H36F3N3O5. The summed E-state index contributed by atoms with van der Waals surface area (Å²) < 4.78 is 49.1. The fraction of sp³-hybridized carbons (Fsp3) is 0.500. The van der Waals surface area contributed by atoms with Crippen molar-refractivity contribution < 1.29 is 37.3 Å². The number of amides is 2. The lowest BCUT2D eigenvalue weighted by atomic mass is 9.99. The number of ether oxygens (including phenoxy) is 2. The number of halogens is 3. The summed E-state index contributed by atoms with van der Waals surface area (Å²) in [6.07, 6.45) is -6.73. The van der Waals surface area contributed by atoms with Crippen LogP contribution in [0.2, 0.25) is 0 Å². The number of likely N-dealkylation sites (N-methyl/N-ethyl adjacent to an activating group) is 1. The van der Waals surface area contributed by atoms with Gasteiger partial charge in [0, 0.05) is 37.7 Å². The van der Waals surface area contributed by atoms with E-state index in [1.165, 1.54) is 12.1 Å². The minimum absolute atomic E-state index is 0.0869. The monoisotopic (exact) mass is 551 g/mol. The maximum absolute atomic E-state index is 13.5. The molecule has 0 spiro atoms. The second-order valence-corrected chi connectivity index (χ2v) is 10.0. The van der Waals surface area contributed by atoms with Gasteiger partial charge in [0.05, 0.1) is 31.7 Å². The molecule has 0 radical (unpaired) electrons. The molecular weight excluding hydrogens is 515 g/mol. The molecule has 2 amide bonds. The van der Waals surface area contributed by atoms with Gasteiger partial charge in [-0.3, -0.25) is 14.5 Å². The van der Waals surface area contributed by atoms with E-state index in [4.69, 9.17) is 9.47 Å². The van der Waals surface area contributed by atoms with E-state index in [1.807, 2.05) is 38.2 Å². The molecule has 2 aromatic rings. The number of fused-ring (bicyclic) bond motifs is 1. The predicted octanol–water partition coefficient (Wildman–Crippen LogP) is 4.33. The summed E-state index contributed by atoms with van der Waals surface area (Å²) in [4.78, 5) is 29.3. The molecule has 1 heterocycles. The molecule has 0 saturated carbocycles. The zero-order valence-corrected chi connectivity index (χ0v) is 22.6. The summed E-state index contributed by atoms with van der Waals surface area (Å²) >= 11 is 0. The SMILES string of the molecule is COc1ccc(CN(C)C[C@@H]2Oc3ccc(NC(=O)CCC(F)(F)F)cc3C(=O)N([C@@H](C)CO)C[C@@H]2C)cc1. The van der Waals surface area contributed by atoms with Gasteiger partial charge in [0.25, 0.3) is 5.91 Å². The lowest BCUT2D eigenvalue weighted by Crippen LogP contribution is -2.49. The fourth-order valence-corrected chi connectivity index (χ4v) is 4.41. The molecule has 11 heteroatoms. The molecule has 39 heavy (non-hydrogen) atoms. The van der Waals surface area contributed by atoms with Crippen molar-refractivity contribution in [2.45, 2.75) is 51.6 Å². The maximum Gasteiger partial charge on any atom is 0.389 e. The van der Waals surface area contributed by atoms with Crippen LogP contribution in [-0.2, 0) is 11.3 Å². The van der Waals surface area contributed by atoms with Crippen molar-refractivity contribution in [2.75, 3.05) is 39.2 Å².